The van der Waals surface area contributed by atoms with Crippen LogP contribution >= 0.6 is 12.4 Å². The minimum Gasteiger partial charge on any atom is -0.341 e. The number of nitrogens with two attached hydrogens (primary N) is 1. The number of nitrogens with zero attached hydrogens (tertiary/aromatic N) is 2. The summed E-state index contributed by atoms with van der Waals surface area (Å²) in [4.78, 5) is 28.3. The number of carbonyl (C=O) groups is 2. The lowest BCUT2D eigenvalue weighted by atomic mass is 10.1. The van der Waals surface area contributed by atoms with Crippen molar-refractivity contribution >= 4 is 24.2 Å². The van der Waals surface area contributed by atoms with Gasteiger partial charge in [-0.05, 0) is 18.6 Å². The second-order valence-electron chi connectivity index (χ2n) is 5.47. The van der Waals surface area contributed by atoms with E-state index in [0.29, 0.717) is 38.3 Å². The molecule has 0 aliphatic carbocycles. The Hall–Kier alpha value is -1.59. The fourth-order valence-corrected chi connectivity index (χ4v) is 2.52. The van der Waals surface area contributed by atoms with Gasteiger partial charge in [-0.3, -0.25) is 9.59 Å². The lowest BCUT2D eigenvalue weighted by Crippen LogP contribution is -2.41. The predicted molar refractivity (Wildman–Crippen MR) is 89.0 cm³/mol. The molecule has 0 spiro atoms. The van der Waals surface area contributed by atoms with Gasteiger partial charge < -0.3 is 15.5 Å². The minimum atomic E-state index is -0.152. The van der Waals surface area contributed by atoms with Gasteiger partial charge in [0.15, 0.2) is 0 Å². The van der Waals surface area contributed by atoms with Crippen LogP contribution in [0.4, 0.5) is 0 Å². The van der Waals surface area contributed by atoms with Crippen molar-refractivity contribution in [2.45, 2.75) is 13.3 Å². The number of rotatable bonds is 3. The highest BCUT2D eigenvalue weighted by atomic mass is 35.5. The van der Waals surface area contributed by atoms with Gasteiger partial charge in [0.1, 0.15) is 0 Å². The number of carbonyl (C=O) groups excluding carboxylic acids is 2. The molecule has 0 radical (unpaired) electrons. The Labute approximate surface area is 137 Å². The maximum atomic E-state index is 12.4. The Bertz CT molecular complexity index is 495. The van der Waals surface area contributed by atoms with Gasteiger partial charge in [0.05, 0.1) is 0 Å². The van der Waals surface area contributed by atoms with Crippen LogP contribution in [0, 0.1) is 5.92 Å². The van der Waals surface area contributed by atoms with Gasteiger partial charge in [0.25, 0.3) is 5.91 Å². The number of halogens is 1. The molecule has 1 aromatic rings. The zero-order chi connectivity index (χ0) is 15.2. The van der Waals surface area contributed by atoms with E-state index in [9.17, 15) is 9.59 Å². The van der Waals surface area contributed by atoms with E-state index in [1.165, 1.54) is 0 Å². The van der Waals surface area contributed by atoms with E-state index in [2.05, 4.69) is 0 Å². The van der Waals surface area contributed by atoms with Crippen molar-refractivity contribution in [2.75, 3.05) is 32.7 Å². The van der Waals surface area contributed by atoms with Crippen LogP contribution in [0.2, 0.25) is 0 Å². The molecule has 22 heavy (non-hydrogen) atoms. The van der Waals surface area contributed by atoms with Crippen LogP contribution in [-0.4, -0.2) is 54.3 Å². The van der Waals surface area contributed by atoms with Gasteiger partial charge in [0.2, 0.25) is 5.91 Å². The Morgan fingerprint density at radius 1 is 1.09 bits per heavy atom. The zero-order valence-electron chi connectivity index (χ0n) is 12.9. The van der Waals surface area contributed by atoms with E-state index in [1.807, 2.05) is 47.1 Å². The molecule has 1 aliphatic heterocycles. The van der Waals surface area contributed by atoms with Crippen molar-refractivity contribution in [2.24, 2.45) is 11.7 Å². The maximum absolute atomic E-state index is 12.4. The molecule has 5 nitrogen and oxygen atoms in total. The molecule has 2 rings (SSSR count). The normalized spacial score (nSPS) is 16.5. The number of hydrogen-bond donors (Lipinski definition) is 1. The summed E-state index contributed by atoms with van der Waals surface area (Å²) in [5.41, 5.74) is 6.26. The molecular weight excluding hydrogens is 302 g/mol. The van der Waals surface area contributed by atoms with Gasteiger partial charge in [-0.25, -0.2) is 0 Å². The van der Waals surface area contributed by atoms with Crippen LogP contribution in [0.5, 0.6) is 0 Å². The van der Waals surface area contributed by atoms with E-state index >= 15 is 0 Å². The van der Waals surface area contributed by atoms with E-state index in [-0.39, 0.29) is 30.1 Å². The van der Waals surface area contributed by atoms with Gasteiger partial charge in [0, 0.05) is 44.2 Å². The average molecular weight is 326 g/mol. The zero-order valence-corrected chi connectivity index (χ0v) is 13.7. The van der Waals surface area contributed by atoms with Crippen molar-refractivity contribution in [1.82, 2.24) is 9.80 Å². The summed E-state index contributed by atoms with van der Waals surface area (Å²) in [5, 5.41) is 0. The van der Waals surface area contributed by atoms with Crippen molar-refractivity contribution in [3.8, 4) is 0 Å². The SMILES string of the molecule is CC(CN)C(=O)N1CCCN(C(=O)c2ccccc2)CC1.Cl. The third kappa shape index (κ3) is 4.45. The second kappa shape index (κ2) is 8.76. The van der Waals surface area contributed by atoms with Crippen LogP contribution in [0.25, 0.3) is 0 Å². The van der Waals surface area contributed by atoms with Gasteiger partial charge >= 0.3 is 0 Å². The second-order valence-corrected chi connectivity index (χ2v) is 5.47. The smallest absolute Gasteiger partial charge is 0.253 e. The quantitative estimate of drug-likeness (QED) is 0.913. The fraction of sp³-hybridized carbons (Fsp3) is 0.500. The summed E-state index contributed by atoms with van der Waals surface area (Å²) in [6.07, 6.45) is 0.807. The molecule has 6 heteroatoms. The summed E-state index contributed by atoms with van der Waals surface area (Å²) in [5.74, 6) is -0.0235. The molecule has 1 atom stereocenters. The van der Waals surface area contributed by atoms with Crippen LogP contribution in [0.3, 0.4) is 0 Å². The van der Waals surface area contributed by atoms with Gasteiger partial charge in [-0.15, -0.1) is 12.4 Å². The van der Waals surface area contributed by atoms with Crippen LogP contribution < -0.4 is 5.73 Å². The number of amides is 2. The first-order chi connectivity index (χ1) is 10.1. The molecule has 1 heterocycles. The molecule has 2 amide bonds. The Balaban J connectivity index is 0.00000242. The highest BCUT2D eigenvalue weighted by Gasteiger charge is 2.24. The van der Waals surface area contributed by atoms with Crippen LogP contribution in [0.15, 0.2) is 30.3 Å². The first-order valence-corrected chi connectivity index (χ1v) is 7.46. The molecule has 1 saturated heterocycles. The number of hydrogen-bond acceptors (Lipinski definition) is 3. The largest absolute Gasteiger partial charge is 0.341 e. The highest BCUT2D eigenvalue weighted by Crippen LogP contribution is 2.11. The van der Waals surface area contributed by atoms with E-state index in [4.69, 9.17) is 5.73 Å². The number of benzene rings is 1. The third-order valence-electron chi connectivity index (χ3n) is 3.89. The standard InChI is InChI=1S/C16H23N3O2.ClH/c1-13(12-17)15(20)18-8-5-9-19(11-10-18)16(21)14-6-3-2-4-7-14;/h2-4,6-7,13H,5,8-12,17H2,1H3;1H. The monoisotopic (exact) mass is 325 g/mol. The Morgan fingerprint density at radius 3 is 2.32 bits per heavy atom. The predicted octanol–water partition coefficient (Wildman–Crippen LogP) is 1.38. The Morgan fingerprint density at radius 2 is 1.68 bits per heavy atom. The van der Waals surface area contributed by atoms with Crippen molar-refractivity contribution < 1.29 is 9.59 Å². The van der Waals surface area contributed by atoms with Crippen molar-refractivity contribution in [3.05, 3.63) is 35.9 Å². The fourth-order valence-electron chi connectivity index (χ4n) is 2.52. The molecule has 1 aromatic carbocycles. The van der Waals surface area contributed by atoms with E-state index in [1.54, 1.807) is 0 Å². The molecule has 1 aliphatic rings. The first-order valence-electron chi connectivity index (χ1n) is 7.46. The summed E-state index contributed by atoms with van der Waals surface area (Å²) < 4.78 is 0. The molecular formula is C16H24ClN3O2. The third-order valence-corrected chi connectivity index (χ3v) is 3.89. The lowest BCUT2D eigenvalue weighted by Gasteiger charge is -2.24. The minimum absolute atomic E-state index is 0. The maximum Gasteiger partial charge on any atom is 0.253 e. The molecule has 0 bridgehead atoms. The van der Waals surface area contributed by atoms with Gasteiger partial charge in [-0.2, -0.15) is 0 Å². The molecule has 1 unspecified atom stereocenters. The van der Waals surface area contributed by atoms with Gasteiger partial charge in [-0.1, -0.05) is 25.1 Å². The molecule has 2 N–H and O–H groups in total. The molecule has 122 valence electrons. The summed E-state index contributed by atoms with van der Waals surface area (Å²) >= 11 is 0. The lowest BCUT2D eigenvalue weighted by molar-refractivity contribution is -0.134. The van der Waals surface area contributed by atoms with Crippen LogP contribution in [-0.2, 0) is 4.79 Å². The van der Waals surface area contributed by atoms with Crippen molar-refractivity contribution in [3.63, 3.8) is 0 Å². The molecule has 0 saturated carbocycles. The van der Waals surface area contributed by atoms with Crippen LogP contribution in [0.1, 0.15) is 23.7 Å². The van der Waals surface area contributed by atoms with Crippen molar-refractivity contribution in [1.29, 1.82) is 0 Å². The molecule has 1 fully saturated rings. The summed E-state index contributed by atoms with van der Waals surface area (Å²) in [7, 11) is 0. The van der Waals surface area contributed by atoms with E-state index in [0.717, 1.165) is 6.42 Å². The van der Waals surface area contributed by atoms with E-state index < -0.39 is 0 Å². The average Bonchev–Trinajstić information content (AvgIpc) is 2.79. The Kier molecular flexibility index (Phi) is 7.35. The summed E-state index contributed by atoms with van der Waals surface area (Å²) in [6, 6.07) is 9.28. The summed E-state index contributed by atoms with van der Waals surface area (Å²) in [6.45, 7) is 4.76. The topological polar surface area (TPSA) is 66.6 Å². The molecule has 0 aromatic heterocycles. The highest BCUT2D eigenvalue weighted by molar-refractivity contribution is 5.94. The first kappa shape index (κ1) is 18.5.